The van der Waals surface area contributed by atoms with E-state index in [1.165, 1.54) is 31.2 Å². The molecule has 2 aliphatic rings. The Bertz CT molecular complexity index is 1920. The second kappa shape index (κ2) is 11.7. The van der Waals surface area contributed by atoms with Gasteiger partial charge in [-0.15, -0.1) is 0 Å². The van der Waals surface area contributed by atoms with Crippen molar-refractivity contribution in [3.05, 3.63) is 82.9 Å². The van der Waals surface area contributed by atoms with Crippen LogP contribution >= 0.6 is 0 Å². The maximum atomic E-state index is 13.7. The van der Waals surface area contributed by atoms with Gasteiger partial charge in [-0.3, -0.25) is 14.6 Å². The van der Waals surface area contributed by atoms with Crippen LogP contribution in [-0.2, 0) is 20.5 Å². The van der Waals surface area contributed by atoms with Crippen LogP contribution in [0.4, 0.5) is 14.9 Å². The average Bonchev–Trinajstić information content (AvgIpc) is 3.36. The number of carbonyl (C=O) groups excluding carboxylic acids is 3. The number of nitrogens with zero attached hydrogens (tertiary/aromatic N) is 2. The second-order valence-electron chi connectivity index (χ2n) is 13.2. The smallest absolute Gasteiger partial charge is 0.319 e. The summed E-state index contributed by atoms with van der Waals surface area (Å²) < 4.78 is 24.9. The van der Waals surface area contributed by atoms with Gasteiger partial charge in [0.05, 0.1) is 35.7 Å². The van der Waals surface area contributed by atoms with Gasteiger partial charge in [-0.2, -0.15) is 0 Å². The molecule has 0 unspecified atom stereocenters. The van der Waals surface area contributed by atoms with Gasteiger partial charge in [0.2, 0.25) is 5.91 Å². The van der Waals surface area contributed by atoms with Crippen molar-refractivity contribution in [1.29, 1.82) is 0 Å². The zero-order valence-electron chi connectivity index (χ0n) is 26.6. The number of nitrogens with two attached hydrogens (primary N) is 1. The topological polar surface area (TPSA) is 166 Å². The van der Waals surface area contributed by atoms with E-state index in [1.54, 1.807) is 31.3 Å². The molecule has 11 nitrogen and oxygen atoms in total. The summed E-state index contributed by atoms with van der Waals surface area (Å²) in [5, 5.41) is 18.1. The van der Waals surface area contributed by atoms with E-state index in [-0.39, 0.29) is 30.9 Å². The Kier molecular flexibility index (Phi) is 7.97. The first kappa shape index (κ1) is 32.0. The van der Waals surface area contributed by atoms with Crippen molar-refractivity contribution in [1.82, 2.24) is 15.3 Å². The van der Waals surface area contributed by atoms with Gasteiger partial charge in [0.15, 0.2) is 5.78 Å². The molecular formula is C35H36FN5O6. The molecule has 3 amide bonds. The molecule has 2 aromatic carbocycles. The van der Waals surface area contributed by atoms with E-state index < -0.39 is 34.3 Å². The van der Waals surface area contributed by atoms with Crippen LogP contribution in [0, 0.1) is 12.7 Å². The van der Waals surface area contributed by atoms with E-state index >= 15 is 0 Å². The van der Waals surface area contributed by atoms with E-state index in [9.17, 15) is 23.9 Å². The molecule has 12 heteroatoms. The fourth-order valence-electron chi connectivity index (χ4n) is 5.82. The summed E-state index contributed by atoms with van der Waals surface area (Å²) in [4.78, 5) is 48.2. The number of nitrogens with one attached hydrogen (secondary N) is 2. The van der Waals surface area contributed by atoms with Crippen molar-refractivity contribution < 1.29 is 33.4 Å². The third-order valence-electron chi connectivity index (χ3n) is 8.87. The predicted molar refractivity (Wildman–Crippen MR) is 173 cm³/mol. The normalized spacial score (nSPS) is 19.2. The zero-order chi connectivity index (χ0) is 33.7. The minimum atomic E-state index is -1.63. The van der Waals surface area contributed by atoms with Gasteiger partial charge in [-0.1, -0.05) is 0 Å². The molecule has 2 aliphatic heterocycles. The Hall–Kier alpha value is -4.94. The number of aryl methyl sites for hydroxylation is 1. The number of ether oxygens (including phenoxy) is 2. The molecule has 0 bridgehead atoms. The van der Waals surface area contributed by atoms with Crippen LogP contribution in [0.5, 0.6) is 5.75 Å². The SMILES string of the molecule is Cc1cnc2c(NC(=O)NC3(C)COC3)cc(C(=O)CC[C@](C)(O)c3cc4c(c(-c5ccc(F)cc5)n3)OC[C@]4(C)C(N)=O)cc2c1. The molecule has 4 heterocycles. The quantitative estimate of drug-likeness (QED) is 0.192. The van der Waals surface area contributed by atoms with Crippen LogP contribution in [0.25, 0.3) is 22.2 Å². The number of primary amides is 1. The molecule has 0 aliphatic carbocycles. The number of halogens is 1. The van der Waals surface area contributed by atoms with E-state index in [0.29, 0.717) is 57.9 Å². The third kappa shape index (κ3) is 6.13. The molecule has 4 aromatic rings. The first-order valence-electron chi connectivity index (χ1n) is 15.3. The lowest BCUT2D eigenvalue weighted by Crippen LogP contribution is -2.60. The Labute approximate surface area is 270 Å². The number of rotatable bonds is 9. The van der Waals surface area contributed by atoms with E-state index in [2.05, 4.69) is 15.6 Å². The molecule has 6 rings (SSSR count). The van der Waals surface area contributed by atoms with Gasteiger partial charge < -0.3 is 30.9 Å². The predicted octanol–water partition coefficient (Wildman–Crippen LogP) is 4.66. The second-order valence-corrected chi connectivity index (χ2v) is 13.2. The largest absolute Gasteiger partial charge is 0.489 e. The number of amides is 3. The molecule has 1 fully saturated rings. The van der Waals surface area contributed by atoms with Crippen molar-refractivity contribution in [2.75, 3.05) is 25.1 Å². The molecule has 1 saturated heterocycles. The maximum absolute atomic E-state index is 13.7. The number of aliphatic hydroxyl groups is 1. The highest BCUT2D eigenvalue weighted by atomic mass is 19.1. The Morgan fingerprint density at radius 2 is 1.81 bits per heavy atom. The molecule has 244 valence electrons. The highest BCUT2D eigenvalue weighted by Gasteiger charge is 2.45. The van der Waals surface area contributed by atoms with Crippen LogP contribution < -0.4 is 21.1 Å². The lowest BCUT2D eigenvalue weighted by atomic mass is 9.81. The number of anilines is 1. The number of carbonyl (C=O) groups is 3. The summed E-state index contributed by atoms with van der Waals surface area (Å²) in [5.74, 6) is -0.989. The third-order valence-corrected chi connectivity index (χ3v) is 8.87. The van der Waals surface area contributed by atoms with Crippen LogP contribution in [0.15, 0.2) is 54.7 Å². The number of pyridine rings is 2. The van der Waals surface area contributed by atoms with Crippen molar-refractivity contribution in [2.24, 2.45) is 5.73 Å². The minimum Gasteiger partial charge on any atom is -0.489 e. The molecule has 0 saturated carbocycles. The summed E-state index contributed by atoms with van der Waals surface area (Å²) in [7, 11) is 0. The monoisotopic (exact) mass is 641 g/mol. The van der Waals surface area contributed by atoms with Gasteiger partial charge in [-0.25, -0.2) is 14.2 Å². The Morgan fingerprint density at radius 1 is 1.09 bits per heavy atom. The average molecular weight is 642 g/mol. The minimum absolute atomic E-state index is 0.0185. The molecule has 2 aromatic heterocycles. The summed E-state index contributed by atoms with van der Waals surface area (Å²) >= 11 is 0. The molecule has 0 spiro atoms. The Balaban J connectivity index is 1.29. The number of hydrogen-bond acceptors (Lipinski definition) is 8. The zero-order valence-corrected chi connectivity index (χ0v) is 26.6. The Morgan fingerprint density at radius 3 is 2.47 bits per heavy atom. The van der Waals surface area contributed by atoms with E-state index in [1.807, 2.05) is 19.9 Å². The standard InChI is InChI=1S/C35H36FN5O6/c1-19-11-22-12-21(13-25(28(22)38-15-19)39-32(44)41-33(2)16-46-17-33)26(42)9-10-35(4,45)27-14-24-30(47-18-34(24,3)31(37)43)29(40-27)20-5-7-23(36)8-6-20/h5-8,11-15,45H,9-10,16-18H2,1-4H3,(H2,37,43)(H2,39,41,44)/t34-,35-/m0/s1. The van der Waals surface area contributed by atoms with Crippen molar-refractivity contribution in [3.63, 3.8) is 0 Å². The molecule has 5 N–H and O–H groups in total. The van der Waals surface area contributed by atoms with Crippen molar-refractivity contribution >= 4 is 34.3 Å². The van der Waals surface area contributed by atoms with Gasteiger partial charge in [0, 0.05) is 34.7 Å². The number of aromatic nitrogens is 2. The van der Waals surface area contributed by atoms with Crippen LogP contribution in [-0.4, -0.2) is 58.2 Å². The highest BCUT2D eigenvalue weighted by molar-refractivity contribution is 6.06. The fourth-order valence-corrected chi connectivity index (χ4v) is 5.82. The summed E-state index contributed by atoms with van der Waals surface area (Å²) in [5.41, 5.74) is 6.08. The summed E-state index contributed by atoms with van der Waals surface area (Å²) in [6.45, 7) is 7.73. The van der Waals surface area contributed by atoms with Gasteiger partial charge in [0.1, 0.15) is 34.9 Å². The first-order valence-corrected chi connectivity index (χ1v) is 15.3. The van der Waals surface area contributed by atoms with Gasteiger partial charge in [0.25, 0.3) is 0 Å². The number of benzene rings is 2. The molecular weight excluding hydrogens is 605 g/mol. The number of Topliss-reactive ketones (excluding diaryl/α,β-unsaturated/α-hetero) is 1. The van der Waals surface area contributed by atoms with Crippen molar-refractivity contribution in [2.45, 2.75) is 57.1 Å². The lowest BCUT2D eigenvalue weighted by molar-refractivity contribution is -0.123. The first-order chi connectivity index (χ1) is 22.2. The lowest BCUT2D eigenvalue weighted by Gasteiger charge is -2.38. The number of ketones is 1. The highest BCUT2D eigenvalue weighted by Crippen LogP contribution is 2.46. The number of fused-ring (bicyclic) bond motifs is 2. The fraction of sp³-hybridized carbons (Fsp3) is 0.343. The van der Waals surface area contributed by atoms with Crippen molar-refractivity contribution in [3.8, 4) is 17.0 Å². The van der Waals surface area contributed by atoms with Gasteiger partial charge in [-0.05, 0) is 88.2 Å². The summed E-state index contributed by atoms with van der Waals surface area (Å²) in [6, 6.07) is 11.9. The maximum Gasteiger partial charge on any atom is 0.319 e. The van der Waals surface area contributed by atoms with Gasteiger partial charge >= 0.3 is 6.03 Å². The van der Waals surface area contributed by atoms with E-state index in [4.69, 9.17) is 20.2 Å². The number of hydrogen-bond donors (Lipinski definition) is 4. The van der Waals surface area contributed by atoms with Crippen LogP contribution in [0.2, 0.25) is 0 Å². The number of urea groups is 1. The molecule has 0 radical (unpaired) electrons. The van der Waals surface area contributed by atoms with E-state index in [0.717, 1.165) is 5.56 Å². The van der Waals surface area contributed by atoms with Crippen LogP contribution in [0.1, 0.15) is 60.8 Å². The summed E-state index contributed by atoms with van der Waals surface area (Å²) in [6.07, 6.45) is 1.58. The molecule has 47 heavy (non-hydrogen) atoms. The molecule has 2 atom stereocenters. The van der Waals surface area contributed by atoms with Crippen LogP contribution in [0.3, 0.4) is 0 Å².